The molecule has 3 atom stereocenters. The lowest BCUT2D eigenvalue weighted by Gasteiger charge is -2.28. The van der Waals surface area contributed by atoms with Crippen molar-refractivity contribution in [1.82, 2.24) is 0 Å². The number of alkyl halides is 1. The summed E-state index contributed by atoms with van der Waals surface area (Å²) in [5.41, 5.74) is 0. The summed E-state index contributed by atoms with van der Waals surface area (Å²) in [6.45, 7) is 0. The molecule has 0 heterocycles. The van der Waals surface area contributed by atoms with E-state index in [-0.39, 0.29) is 0 Å². The summed E-state index contributed by atoms with van der Waals surface area (Å²) in [6.07, 6.45) is 8.96. The standard InChI is InChI=1S/C9H15Br/c10-9-5-4-7-2-1-3-8(7)6-9/h7-9H,1-6H2. The maximum absolute atomic E-state index is 3.72. The molecular formula is C9H15Br. The third-order valence-electron chi connectivity index (χ3n) is 3.23. The van der Waals surface area contributed by atoms with E-state index in [1.807, 2.05) is 0 Å². The summed E-state index contributed by atoms with van der Waals surface area (Å²) < 4.78 is 0. The smallest absolute Gasteiger partial charge is 0.0148 e. The minimum Gasteiger partial charge on any atom is -0.0891 e. The Bertz CT molecular complexity index is 122. The summed E-state index contributed by atoms with van der Waals surface area (Å²) in [7, 11) is 0. The van der Waals surface area contributed by atoms with Gasteiger partial charge in [0.05, 0.1) is 0 Å². The lowest BCUT2D eigenvalue weighted by molar-refractivity contribution is 0.286. The zero-order valence-electron chi connectivity index (χ0n) is 6.35. The largest absolute Gasteiger partial charge is 0.0891 e. The van der Waals surface area contributed by atoms with Crippen molar-refractivity contribution >= 4 is 15.9 Å². The minimum atomic E-state index is 0.854. The van der Waals surface area contributed by atoms with Crippen LogP contribution in [0.2, 0.25) is 0 Å². The van der Waals surface area contributed by atoms with Gasteiger partial charge in [0.1, 0.15) is 0 Å². The molecule has 0 aromatic carbocycles. The van der Waals surface area contributed by atoms with Crippen LogP contribution in [0.15, 0.2) is 0 Å². The van der Waals surface area contributed by atoms with Crippen LogP contribution in [0.25, 0.3) is 0 Å². The molecule has 0 nitrogen and oxygen atoms in total. The second-order valence-electron chi connectivity index (χ2n) is 3.86. The van der Waals surface area contributed by atoms with E-state index < -0.39 is 0 Å². The highest BCUT2D eigenvalue weighted by atomic mass is 79.9. The quantitative estimate of drug-likeness (QED) is 0.529. The Labute approximate surface area is 71.5 Å². The summed E-state index contributed by atoms with van der Waals surface area (Å²) >= 11 is 3.72. The lowest BCUT2D eigenvalue weighted by Crippen LogP contribution is -2.20. The monoisotopic (exact) mass is 202 g/mol. The van der Waals surface area contributed by atoms with Crippen molar-refractivity contribution in [1.29, 1.82) is 0 Å². The molecule has 2 fully saturated rings. The van der Waals surface area contributed by atoms with Gasteiger partial charge in [-0.05, 0) is 31.1 Å². The Balaban J connectivity index is 1.96. The van der Waals surface area contributed by atoms with E-state index in [1.165, 1.54) is 38.5 Å². The molecule has 10 heavy (non-hydrogen) atoms. The number of hydrogen-bond donors (Lipinski definition) is 0. The summed E-state index contributed by atoms with van der Waals surface area (Å²) in [5.74, 6) is 2.21. The number of fused-ring (bicyclic) bond motifs is 1. The molecular weight excluding hydrogens is 188 g/mol. The van der Waals surface area contributed by atoms with Crippen LogP contribution < -0.4 is 0 Å². The predicted octanol–water partition coefficient (Wildman–Crippen LogP) is 3.35. The first kappa shape index (κ1) is 7.15. The topological polar surface area (TPSA) is 0 Å². The van der Waals surface area contributed by atoms with Gasteiger partial charge in [-0.2, -0.15) is 0 Å². The van der Waals surface area contributed by atoms with Crippen molar-refractivity contribution in [2.75, 3.05) is 0 Å². The first-order chi connectivity index (χ1) is 4.86. The van der Waals surface area contributed by atoms with E-state index in [2.05, 4.69) is 15.9 Å². The van der Waals surface area contributed by atoms with Crippen LogP contribution in [0.3, 0.4) is 0 Å². The molecule has 0 amide bonds. The van der Waals surface area contributed by atoms with E-state index >= 15 is 0 Å². The van der Waals surface area contributed by atoms with Crippen LogP contribution in [-0.2, 0) is 0 Å². The molecule has 0 aliphatic heterocycles. The highest BCUT2D eigenvalue weighted by Crippen LogP contribution is 2.43. The third kappa shape index (κ3) is 1.25. The van der Waals surface area contributed by atoms with Gasteiger partial charge in [0.15, 0.2) is 0 Å². The highest BCUT2D eigenvalue weighted by molar-refractivity contribution is 9.09. The van der Waals surface area contributed by atoms with Gasteiger partial charge in [0.25, 0.3) is 0 Å². The number of halogens is 1. The lowest BCUT2D eigenvalue weighted by atomic mass is 9.82. The van der Waals surface area contributed by atoms with E-state index in [4.69, 9.17) is 0 Å². The fourth-order valence-corrected chi connectivity index (χ4v) is 3.39. The SMILES string of the molecule is BrC1CCC2CCCC2C1. The zero-order chi connectivity index (χ0) is 6.97. The Morgan fingerprint density at radius 3 is 2.60 bits per heavy atom. The number of rotatable bonds is 0. The van der Waals surface area contributed by atoms with Gasteiger partial charge in [0.2, 0.25) is 0 Å². The molecule has 2 aliphatic rings. The molecule has 1 heteroatoms. The van der Waals surface area contributed by atoms with E-state index in [1.54, 1.807) is 0 Å². The predicted molar refractivity (Wildman–Crippen MR) is 47.4 cm³/mol. The Morgan fingerprint density at radius 1 is 0.900 bits per heavy atom. The van der Waals surface area contributed by atoms with Crippen molar-refractivity contribution in [3.8, 4) is 0 Å². The van der Waals surface area contributed by atoms with Crippen molar-refractivity contribution in [3.63, 3.8) is 0 Å². The maximum Gasteiger partial charge on any atom is 0.0148 e. The molecule has 0 spiro atoms. The van der Waals surface area contributed by atoms with Crippen molar-refractivity contribution < 1.29 is 0 Å². The molecule has 3 unspecified atom stereocenters. The summed E-state index contributed by atoms with van der Waals surface area (Å²) in [4.78, 5) is 0.854. The first-order valence-corrected chi connectivity index (χ1v) is 5.42. The molecule has 2 rings (SSSR count). The van der Waals surface area contributed by atoms with Crippen molar-refractivity contribution in [3.05, 3.63) is 0 Å². The Hall–Kier alpha value is 0.480. The fraction of sp³-hybridized carbons (Fsp3) is 1.00. The van der Waals surface area contributed by atoms with E-state index in [0.717, 1.165) is 16.7 Å². The second kappa shape index (κ2) is 2.84. The van der Waals surface area contributed by atoms with Gasteiger partial charge in [-0.3, -0.25) is 0 Å². The van der Waals surface area contributed by atoms with Crippen molar-refractivity contribution in [2.24, 2.45) is 11.8 Å². The van der Waals surface area contributed by atoms with E-state index in [9.17, 15) is 0 Å². The minimum absolute atomic E-state index is 0.854. The molecule has 0 aromatic heterocycles. The average Bonchev–Trinajstić information content (AvgIpc) is 2.33. The van der Waals surface area contributed by atoms with Crippen LogP contribution in [0.4, 0.5) is 0 Å². The van der Waals surface area contributed by atoms with Crippen LogP contribution in [0.1, 0.15) is 38.5 Å². The molecule has 0 N–H and O–H groups in total. The second-order valence-corrected chi connectivity index (χ2v) is 5.16. The van der Waals surface area contributed by atoms with Gasteiger partial charge < -0.3 is 0 Å². The van der Waals surface area contributed by atoms with Crippen molar-refractivity contribution in [2.45, 2.75) is 43.4 Å². The summed E-state index contributed by atoms with van der Waals surface area (Å²) in [6, 6.07) is 0. The fourth-order valence-electron chi connectivity index (χ4n) is 2.65. The molecule has 0 radical (unpaired) electrons. The molecule has 0 bridgehead atoms. The van der Waals surface area contributed by atoms with Crippen LogP contribution in [-0.4, -0.2) is 4.83 Å². The molecule has 2 aliphatic carbocycles. The van der Waals surface area contributed by atoms with Crippen LogP contribution in [0.5, 0.6) is 0 Å². The van der Waals surface area contributed by atoms with Gasteiger partial charge in [0, 0.05) is 4.83 Å². The average molecular weight is 203 g/mol. The first-order valence-electron chi connectivity index (χ1n) is 4.50. The molecule has 0 saturated heterocycles. The van der Waals surface area contributed by atoms with Gasteiger partial charge >= 0.3 is 0 Å². The summed E-state index contributed by atoms with van der Waals surface area (Å²) in [5, 5.41) is 0. The van der Waals surface area contributed by atoms with E-state index in [0.29, 0.717) is 0 Å². The highest BCUT2D eigenvalue weighted by Gasteiger charge is 2.32. The van der Waals surface area contributed by atoms with Crippen LogP contribution >= 0.6 is 15.9 Å². The van der Waals surface area contributed by atoms with Gasteiger partial charge in [-0.25, -0.2) is 0 Å². The normalized spacial score (nSPS) is 47.1. The molecule has 2 saturated carbocycles. The van der Waals surface area contributed by atoms with Crippen LogP contribution in [0, 0.1) is 11.8 Å². The Kier molecular flexibility index (Phi) is 2.03. The zero-order valence-corrected chi connectivity index (χ0v) is 7.94. The molecule has 0 aromatic rings. The maximum atomic E-state index is 3.72. The Morgan fingerprint density at radius 2 is 1.70 bits per heavy atom. The number of hydrogen-bond acceptors (Lipinski definition) is 0. The molecule has 58 valence electrons. The van der Waals surface area contributed by atoms with Gasteiger partial charge in [-0.15, -0.1) is 0 Å². The third-order valence-corrected chi connectivity index (χ3v) is 4.06. The van der Waals surface area contributed by atoms with Gasteiger partial charge in [-0.1, -0.05) is 35.2 Å².